The fourth-order valence-corrected chi connectivity index (χ4v) is 5.44. The lowest BCUT2D eigenvalue weighted by Crippen LogP contribution is -2.47. The van der Waals surface area contributed by atoms with Gasteiger partial charge in [-0.1, -0.05) is 62.2 Å². The molecular weight excluding hydrogens is 448 g/mol. The molecule has 1 spiro atoms. The van der Waals surface area contributed by atoms with Crippen LogP contribution >= 0.6 is 0 Å². The van der Waals surface area contributed by atoms with Crippen molar-refractivity contribution in [3.63, 3.8) is 0 Å². The fourth-order valence-electron chi connectivity index (χ4n) is 5.44. The predicted molar refractivity (Wildman–Crippen MR) is 130 cm³/mol. The first kappa shape index (κ1) is 23.7. The molecule has 3 aromatic rings. The minimum Gasteiger partial charge on any atom is -0.394 e. The van der Waals surface area contributed by atoms with Crippen LogP contribution in [0.15, 0.2) is 64.3 Å². The molecule has 184 valence electrons. The van der Waals surface area contributed by atoms with Crippen LogP contribution in [-0.2, 0) is 28.1 Å². The van der Waals surface area contributed by atoms with E-state index in [1.54, 1.807) is 0 Å². The molecule has 0 bridgehead atoms. The number of unbranched alkanes of at least 4 members (excludes halogenated alkanes) is 2. The third kappa shape index (κ3) is 3.96. The standard InChI is InChI=1S/C27H30N2O6/c1-2-3-5-8-17-13-19-16-34-27(23(19)20(14-17)18-9-6-4-7-10-18)21(15-30)35-25(24(27)32)29-12-11-22(31)28-26(29)33/h4,6-7,9-14,21,24-25,30,32H,2-3,5,8,15-16H2,1H3,(H,28,31,33)/t21-,24+,25-,27+/m1/s1. The number of rotatable bonds is 7. The molecule has 0 amide bonds. The van der Waals surface area contributed by atoms with E-state index in [9.17, 15) is 19.8 Å². The van der Waals surface area contributed by atoms with Crippen LogP contribution in [0.25, 0.3) is 11.1 Å². The van der Waals surface area contributed by atoms with Crippen LogP contribution in [0.4, 0.5) is 0 Å². The summed E-state index contributed by atoms with van der Waals surface area (Å²) >= 11 is 0. The molecule has 3 N–H and O–H groups in total. The first-order valence-electron chi connectivity index (χ1n) is 12.1. The average Bonchev–Trinajstić information content (AvgIpc) is 3.38. The molecule has 1 aromatic heterocycles. The first-order chi connectivity index (χ1) is 17.0. The maximum Gasteiger partial charge on any atom is 0.330 e. The Morgan fingerprint density at radius 2 is 1.94 bits per heavy atom. The van der Waals surface area contributed by atoms with Gasteiger partial charge in [0, 0.05) is 17.8 Å². The average molecular weight is 479 g/mol. The smallest absolute Gasteiger partial charge is 0.330 e. The molecule has 0 unspecified atom stereocenters. The van der Waals surface area contributed by atoms with Gasteiger partial charge < -0.3 is 19.7 Å². The number of benzene rings is 2. The van der Waals surface area contributed by atoms with Gasteiger partial charge in [0.25, 0.3) is 5.56 Å². The van der Waals surface area contributed by atoms with Gasteiger partial charge in [0.2, 0.25) is 0 Å². The van der Waals surface area contributed by atoms with Crippen molar-refractivity contribution in [3.8, 4) is 11.1 Å². The first-order valence-corrected chi connectivity index (χ1v) is 12.1. The number of aryl methyl sites for hydroxylation is 1. The molecule has 5 rings (SSSR count). The quantitative estimate of drug-likeness (QED) is 0.450. The number of fused-ring (bicyclic) bond motifs is 2. The van der Waals surface area contributed by atoms with Crippen molar-refractivity contribution in [3.05, 3.63) is 92.3 Å². The zero-order valence-corrected chi connectivity index (χ0v) is 19.6. The lowest BCUT2D eigenvalue weighted by molar-refractivity contribution is -0.134. The maximum atomic E-state index is 12.5. The number of H-pyrrole nitrogens is 1. The molecule has 3 heterocycles. The maximum absolute atomic E-state index is 12.5. The summed E-state index contributed by atoms with van der Waals surface area (Å²) in [6.07, 6.45) is 2.21. The summed E-state index contributed by atoms with van der Waals surface area (Å²) in [5, 5.41) is 21.9. The number of aliphatic hydroxyl groups excluding tert-OH is 2. The Morgan fingerprint density at radius 3 is 2.66 bits per heavy atom. The van der Waals surface area contributed by atoms with E-state index in [0.717, 1.165) is 52.5 Å². The molecule has 0 aliphatic carbocycles. The minimum absolute atomic E-state index is 0.251. The number of nitrogens with one attached hydrogen (secondary N) is 1. The van der Waals surface area contributed by atoms with Crippen LogP contribution in [0.1, 0.15) is 49.1 Å². The summed E-state index contributed by atoms with van der Waals surface area (Å²) in [7, 11) is 0. The molecule has 0 radical (unpaired) electrons. The van der Waals surface area contributed by atoms with Crippen LogP contribution in [0.2, 0.25) is 0 Å². The SMILES string of the molecule is CCCCCc1cc2c(c(-c3ccccc3)c1)[C@@]1(OC2)[C@@H](CO)O[C@@H](n2ccc(=O)[nH]c2=O)[C@@H]1O. The normalized spacial score (nSPS) is 25.3. The summed E-state index contributed by atoms with van der Waals surface area (Å²) in [5.74, 6) is 0. The second-order valence-electron chi connectivity index (χ2n) is 9.24. The fraction of sp³-hybridized carbons (Fsp3) is 0.407. The Morgan fingerprint density at radius 1 is 1.14 bits per heavy atom. The largest absolute Gasteiger partial charge is 0.394 e. The lowest BCUT2D eigenvalue weighted by atomic mass is 9.78. The van der Waals surface area contributed by atoms with E-state index in [1.807, 2.05) is 30.3 Å². The number of aromatic amines is 1. The molecular formula is C27H30N2O6. The van der Waals surface area contributed by atoms with Crippen LogP contribution in [-0.4, -0.2) is 38.6 Å². The third-order valence-corrected chi connectivity index (χ3v) is 7.07. The Kier molecular flexibility index (Phi) is 6.46. The third-order valence-electron chi connectivity index (χ3n) is 7.07. The van der Waals surface area contributed by atoms with Crippen molar-refractivity contribution in [2.75, 3.05) is 6.61 Å². The Hall–Kier alpha value is -3.04. The number of aliphatic hydroxyl groups is 2. The molecule has 8 heteroatoms. The predicted octanol–water partition coefficient (Wildman–Crippen LogP) is 2.61. The molecule has 2 aromatic carbocycles. The highest BCUT2D eigenvalue weighted by Gasteiger charge is 2.62. The Balaban J connectivity index is 1.66. The number of hydrogen-bond acceptors (Lipinski definition) is 6. The molecule has 0 saturated carbocycles. The highest BCUT2D eigenvalue weighted by Crippen LogP contribution is 2.54. The summed E-state index contributed by atoms with van der Waals surface area (Å²) in [6.45, 7) is 2.01. The molecule has 8 nitrogen and oxygen atoms in total. The topological polar surface area (TPSA) is 114 Å². The highest BCUT2D eigenvalue weighted by atomic mass is 16.6. The van der Waals surface area contributed by atoms with Gasteiger partial charge in [-0.05, 0) is 35.1 Å². The van der Waals surface area contributed by atoms with Gasteiger partial charge in [0.1, 0.15) is 12.2 Å². The molecule has 35 heavy (non-hydrogen) atoms. The number of hydrogen-bond donors (Lipinski definition) is 3. The molecule has 1 fully saturated rings. The van der Waals surface area contributed by atoms with E-state index in [0.29, 0.717) is 0 Å². The van der Waals surface area contributed by atoms with Gasteiger partial charge >= 0.3 is 5.69 Å². The molecule has 2 aliphatic rings. The summed E-state index contributed by atoms with van der Waals surface area (Å²) < 4.78 is 13.5. The second-order valence-corrected chi connectivity index (χ2v) is 9.24. The van der Waals surface area contributed by atoms with E-state index in [-0.39, 0.29) is 6.61 Å². The van der Waals surface area contributed by atoms with Crippen molar-refractivity contribution in [1.82, 2.24) is 9.55 Å². The monoisotopic (exact) mass is 478 g/mol. The molecule has 2 aliphatic heterocycles. The van der Waals surface area contributed by atoms with E-state index in [4.69, 9.17) is 9.47 Å². The van der Waals surface area contributed by atoms with Crippen LogP contribution in [0.3, 0.4) is 0 Å². The van der Waals surface area contributed by atoms with Crippen LogP contribution in [0, 0.1) is 0 Å². The van der Waals surface area contributed by atoms with Gasteiger partial charge in [-0.2, -0.15) is 0 Å². The van der Waals surface area contributed by atoms with Crippen molar-refractivity contribution in [1.29, 1.82) is 0 Å². The minimum atomic E-state index is -1.38. The molecule has 1 saturated heterocycles. The van der Waals surface area contributed by atoms with Crippen molar-refractivity contribution >= 4 is 0 Å². The summed E-state index contributed by atoms with van der Waals surface area (Å²) in [5.41, 5.74) is 2.17. The second kappa shape index (κ2) is 9.54. The van der Waals surface area contributed by atoms with Gasteiger partial charge in [-0.15, -0.1) is 0 Å². The van der Waals surface area contributed by atoms with Crippen molar-refractivity contribution in [2.45, 2.75) is 63.3 Å². The van der Waals surface area contributed by atoms with Gasteiger partial charge in [-0.25, -0.2) is 4.79 Å². The molecule has 4 atom stereocenters. The zero-order chi connectivity index (χ0) is 24.6. The van der Waals surface area contributed by atoms with Crippen molar-refractivity contribution in [2.24, 2.45) is 0 Å². The van der Waals surface area contributed by atoms with Gasteiger partial charge in [-0.3, -0.25) is 14.3 Å². The van der Waals surface area contributed by atoms with Crippen LogP contribution in [0.5, 0.6) is 0 Å². The number of ether oxygens (including phenoxy) is 2. The van der Waals surface area contributed by atoms with Gasteiger partial charge in [0.15, 0.2) is 11.8 Å². The summed E-state index contributed by atoms with van der Waals surface area (Å²) in [6, 6.07) is 15.3. The number of nitrogens with zero attached hydrogens (tertiary/aromatic N) is 1. The number of aromatic nitrogens is 2. The van der Waals surface area contributed by atoms with E-state index in [2.05, 4.69) is 24.0 Å². The van der Waals surface area contributed by atoms with Crippen LogP contribution < -0.4 is 11.2 Å². The van der Waals surface area contributed by atoms with E-state index in [1.165, 1.54) is 17.8 Å². The summed E-state index contributed by atoms with van der Waals surface area (Å²) in [4.78, 5) is 26.2. The lowest BCUT2D eigenvalue weighted by Gasteiger charge is -2.33. The highest BCUT2D eigenvalue weighted by molar-refractivity contribution is 5.72. The zero-order valence-electron chi connectivity index (χ0n) is 19.6. The van der Waals surface area contributed by atoms with E-state index < -0.39 is 41.9 Å². The van der Waals surface area contributed by atoms with Gasteiger partial charge in [0.05, 0.1) is 13.2 Å². The van der Waals surface area contributed by atoms with E-state index >= 15 is 0 Å². The van der Waals surface area contributed by atoms with Crippen molar-refractivity contribution < 1.29 is 19.7 Å². The Labute approximate surface area is 202 Å². The Bertz CT molecular complexity index is 1320.